The number of ether oxygens (including phenoxy) is 1. The third kappa shape index (κ3) is 5.59. The van der Waals surface area contributed by atoms with E-state index in [0.29, 0.717) is 36.0 Å². The van der Waals surface area contributed by atoms with Crippen LogP contribution in [0.25, 0.3) is 0 Å². The molecule has 2 aromatic carbocycles. The lowest BCUT2D eigenvalue weighted by Crippen LogP contribution is -2.55. The van der Waals surface area contributed by atoms with E-state index in [1.165, 1.54) is 12.1 Å². The van der Waals surface area contributed by atoms with E-state index in [1.54, 1.807) is 19.1 Å². The number of hydrogen-bond acceptors (Lipinski definition) is 4. The monoisotopic (exact) mass is 487 g/mol. The van der Waals surface area contributed by atoms with Gasteiger partial charge >= 0.3 is 0 Å². The van der Waals surface area contributed by atoms with Crippen molar-refractivity contribution in [1.82, 2.24) is 9.80 Å². The van der Waals surface area contributed by atoms with Crippen molar-refractivity contribution >= 4 is 29.1 Å². The van der Waals surface area contributed by atoms with E-state index >= 15 is 0 Å². The van der Waals surface area contributed by atoms with Gasteiger partial charge in [0.2, 0.25) is 0 Å². The fourth-order valence-corrected chi connectivity index (χ4v) is 5.03. The number of nitrogens with zero attached hydrogens (tertiary/aromatic N) is 2. The second-order valence-electron chi connectivity index (χ2n) is 9.33. The second-order valence-corrected chi connectivity index (χ2v) is 9.76. The van der Waals surface area contributed by atoms with Gasteiger partial charge in [-0.25, -0.2) is 4.39 Å². The summed E-state index contributed by atoms with van der Waals surface area (Å²) in [6, 6.07) is 7.97. The molecule has 2 aliphatic rings. The summed E-state index contributed by atoms with van der Waals surface area (Å²) in [5.41, 5.74) is 3.47. The van der Waals surface area contributed by atoms with Crippen LogP contribution in [-0.2, 0) is 16.1 Å². The molecule has 2 heterocycles. The van der Waals surface area contributed by atoms with E-state index in [0.717, 1.165) is 37.1 Å². The van der Waals surface area contributed by atoms with E-state index in [4.69, 9.17) is 16.3 Å². The Bertz CT molecular complexity index is 1070. The summed E-state index contributed by atoms with van der Waals surface area (Å²) in [5.74, 6) is -0.727. The molecule has 0 saturated carbocycles. The molecule has 0 spiro atoms. The van der Waals surface area contributed by atoms with Gasteiger partial charge in [-0.05, 0) is 80.6 Å². The molecule has 2 atom stereocenters. The SMILES string of the molecule is Cc1cc(F)cc(C(=O)Nc2cc(Cl)cc(CN3CCN(C(=O)[C@@H]4CCCO4)[C@@H](C)C3)c2C)c1. The predicted molar refractivity (Wildman–Crippen MR) is 131 cm³/mol. The van der Waals surface area contributed by atoms with Crippen molar-refractivity contribution in [2.24, 2.45) is 0 Å². The molecule has 0 aromatic heterocycles. The Labute approximate surface area is 205 Å². The molecule has 0 unspecified atom stereocenters. The molecule has 2 aliphatic heterocycles. The first-order chi connectivity index (χ1) is 16.2. The van der Waals surface area contributed by atoms with E-state index < -0.39 is 5.82 Å². The zero-order chi connectivity index (χ0) is 24.4. The lowest BCUT2D eigenvalue weighted by Gasteiger charge is -2.41. The van der Waals surface area contributed by atoms with Crippen molar-refractivity contribution in [2.75, 3.05) is 31.6 Å². The fraction of sp³-hybridized carbons (Fsp3) is 0.462. The highest BCUT2D eigenvalue weighted by Gasteiger charge is 2.34. The Balaban J connectivity index is 1.44. The number of rotatable bonds is 5. The van der Waals surface area contributed by atoms with Crippen LogP contribution in [0.1, 0.15) is 46.8 Å². The fourth-order valence-electron chi connectivity index (χ4n) is 4.79. The van der Waals surface area contributed by atoms with Crippen LogP contribution in [-0.4, -0.2) is 60.0 Å². The summed E-state index contributed by atoms with van der Waals surface area (Å²) in [6.45, 7) is 9.22. The number of hydrogen-bond donors (Lipinski definition) is 1. The Morgan fingerprint density at radius 2 is 1.97 bits per heavy atom. The van der Waals surface area contributed by atoms with Gasteiger partial charge in [-0.3, -0.25) is 14.5 Å². The van der Waals surface area contributed by atoms with Crippen molar-refractivity contribution in [1.29, 1.82) is 0 Å². The average Bonchev–Trinajstić information content (AvgIpc) is 3.31. The number of carbonyl (C=O) groups is 2. The van der Waals surface area contributed by atoms with Gasteiger partial charge in [-0.2, -0.15) is 0 Å². The van der Waals surface area contributed by atoms with Crippen LogP contribution in [0.15, 0.2) is 30.3 Å². The lowest BCUT2D eigenvalue weighted by molar-refractivity contribution is -0.145. The van der Waals surface area contributed by atoms with Crippen LogP contribution in [0, 0.1) is 19.7 Å². The van der Waals surface area contributed by atoms with E-state index in [1.807, 2.05) is 17.9 Å². The number of nitrogens with one attached hydrogen (secondary N) is 1. The van der Waals surface area contributed by atoms with Crippen molar-refractivity contribution < 1.29 is 18.7 Å². The number of piperazine rings is 1. The number of halogens is 2. The van der Waals surface area contributed by atoms with Gasteiger partial charge in [0.1, 0.15) is 11.9 Å². The Morgan fingerprint density at radius 1 is 1.18 bits per heavy atom. The van der Waals surface area contributed by atoms with Crippen LogP contribution in [0.3, 0.4) is 0 Å². The van der Waals surface area contributed by atoms with Crippen molar-refractivity contribution in [2.45, 2.75) is 52.3 Å². The summed E-state index contributed by atoms with van der Waals surface area (Å²) in [7, 11) is 0. The van der Waals surface area contributed by atoms with Gasteiger partial charge < -0.3 is 15.0 Å². The number of amides is 2. The predicted octanol–water partition coefficient (Wildman–Crippen LogP) is 4.56. The average molecular weight is 488 g/mol. The maximum Gasteiger partial charge on any atom is 0.255 e. The standard InChI is InChI=1S/C26H31ClFN3O3/c1-16-9-19(12-22(28)10-16)25(32)29-23-13-21(27)11-20(18(23)3)15-30-6-7-31(17(2)14-30)26(33)24-5-4-8-34-24/h9-13,17,24H,4-8,14-15H2,1-3H3,(H,29,32)/t17-,24-/m0/s1. The topological polar surface area (TPSA) is 61.9 Å². The highest BCUT2D eigenvalue weighted by molar-refractivity contribution is 6.31. The van der Waals surface area contributed by atoms with E-state index in [9.17, 15) is 14.0 Å². The zero-order valence-electron chi connectivity index (χ0n) is 19.9. The van der Waals surface area contributed by atoms with Crippen molar-refractivity contribution in [3.05, 3.63) is 63.4 Å². The van der Waals surface area contributed by atoms with Crippen LogP contribution in [0.2, 0.25) is 5.02 Å². The highest BCUT2D eigenvalue weighted by atomic mass is 35.5. The Hall–Kier alpha value is -2.48. The smallest absolute Gasteiger partial charge is 0.255 e. The van der Waals surface area contributed by atoms with E-state index in [-0.39, 0.29) is 29.5 Å². The quantitative estimate of drug-likeness (QED) is 0.671. The summed E-state index contributed by atoms with van der Waals surface area (Å²) >= 11 is 6.39. The molecular weight excluding hydrogens is 457 g/mol. The van der Waals surface area contributed by atoms with Crippen molar-refractivity contribution in [3.63, 3.8) is 0 Å². The summed E-state index contributed by atoms with van der Waals surface area (Å²) in [4.78, 5) is 29.8. The molecule has 2 fully saturated rings. The molecule has 6 nitrogen and oxygen atoms in total. The highest BCUT2D eigenvalue weighted by Crippen LogP contribution is 2.28. The molecule has 34 heavy (non-hydrogen) atoms. The number of aryl methyl sites for hydroxylation is 1. The summed E-state index contributed by atoms with van der Waals surface area (Å²) < 4.78 is 19.3. The molecule has 0 bridgehead atoms. The second kappa shape index (κ2) is 10.4. The third-order valence-electron chi connectivity index (χ3n) is 6.63. The van der Waals surface area contributed by atoms with Crippen LogP contribution < -0.4 is 5.32 Å². The molecule has 0 radical (unpaired) electrons. The molecular formula is C26H31ClFN3O3. The number of benzene rings is 2. The first-order valence-corrected chi connectivity index (χ1v) is 12.1. The Morgan fingerprint density at radius 3 is 2.65 bits per heavy atom. The van der Waals surface area contributed by atoms with E-state index in [2.05, 4.69) is 17.1 Å². The van der Waals surface area contributed by atoms with Gasteiger partial charge in [0.05, 0.1) is 0 Å². The first kappa shape index (κ1) is 24.6. The van der Waals surface area contributed by atoms with Crippen LogP contribution in [0.4, 0.5) is 10.1 Å². The molecule has 2 aromatic rings. The van der Waals surface area contributed by atoms with Crippen LogP contribution in [0.5, 0.6) is 0 Å². The molecule has 4 rings (SSSR count). The largest absolute Gasteiger partial charge is 0.368 e. The first-order valence-electron chi connectivity index (χ1n) is 11.7. The van der Waals surface area contributed by atoms with Gasteiger partial charge in [0.25, 0.3) is 11.8 Å². The maximum absolute atomic E-state index is 13.8. The summed E-state index contributed by atoms with van der Waals surface area (Å²) in [6.07, 6.45) is 1.45. The zero-order valence-corrected chi connectivity index (χ0v) is 20.6. The number of anilines is 1. The minimum absolute atomic E-state index is 0.0836. The van der Waals surface area contributed by atoms with Crippen molar-refractivity contribution in [3.8, 4) is 0 Å². The molecule has 1 N–H and O–H groups in total. The van der Waals surface area contributed by atoms with Gasteiger partial charge in [0, 0.05) is 55.1 Å². The Kier molecular flexibility index (Phi) is 7.55. The molecule has 182 valence electrons. The maximum atomic E-state index is 13.8. The minimum Gasteiger partial charge on any atom is -0.368 e. The molecule has 2 amide bonds. The summed E-state index contributed by atoms with van der Waals surface area (Å²) in [5, 5.41) is 3.41. The number of carbonyl (C=O) groups excluding carboxylic acids is 2. The molecule has 0 aliphatic carbocycles. The molecule has 2 saturated heterocycles. The van der Waals surface area contributed by atoms with Gasteiger partial charge in [-0.1, -0.05) is 11.6 Å². The lowest BCUT2D eigenvalue weighted by atomic mass is 10.0. The minimum atomic E-state index is -0.445. The third-order valence-corrected chi connectivity index (χ3v) is 6.84. The van der Waals surface area contributed by atoms with Gasteiger partial charge in [-0.15, -0.1) is 0 Å². The van der Waals surface area contributed by atoms with Crippen LogP contribution >= 0.6 is 11.6 Å². The molecule has 8 heteroatoms. The normalized spacial score (nSPS) is 21.0. The van der Waals surface area contributed by atoms with Gasteiger partial charge in [0.15, 0.2) is 0 Å².